The first-order valence-corrected chi connectivity index (χ1v) is 8.79. The van der Waals surface area contributed by atoms with E-state index in [1.165, 1.54) is 10.9 Å². The lowest BCUT2D eigenvalue weighted by Crippen LogP contribution is -2.28. The predicted molar refractivity (Wildman–Crippen MR) is 97.8 cm³/mol. The highest BCUT2D eigenvalue weighted by Gasteiger charge is 2.44. The number of aromatic amines is 1. The van der Waals surface area contributed by atoms with E-state index in [9.17, 15) is 15.0 Å². The van der Waals surface area contributed by atoms with Crippen LogP contribution < -0.4 is 11.3 Å². The number of rotatable bonds is 5. The van der Waals surface area contributed by atoms with Crippen LogP contribution in [-0.2, 0) is 11.2 Å². The first kappa shape index (κ1) is 17.7. The molecular weight excluding hydrogens is 350 g/mol. The van der Waals surface area contributed by atoms with Crippen molar-refractivity contribution in [2.24, 2.45) is 5.92 Å². The second-order valence-electron chi connectivity index (χ2n) is 6.70. The molecule has 142 valence electrons. The van der Waals surface area contributed by atoms with Gasteiger partial charge in [-0.15, -0.1) is 0 Å². The van der Waals surface area contributed by atoms with Crippen molar-refractivity contribution in [2.75, 3.05) is 12.3 Å². The summed E-state index contributed by atoms with van der Waals surface area (Å²) in [6.07, 6.45) is 0.590. The number of hydrogen-bond donors (Lipinski definition) is 4. The number of nitrogens with one attached hydrogen (secondary N) is 1. The summed E-state index contributed by atoms with van der Waals surface area (Å²) in [7, 11) is 0. The maximum Gasteiger partial charge on any atom is 0.280 e. The lowest BCUT2D eigenvalue weighted by molar-refractivity contribution is -0.0493. The molecule has 5 N–H and O–H groups in total. The summed E-state index contributed by atoms with van der Waals surface area (Å²) in [5.41, 5.74) is 6.68. The molecule has 1 aliphatic heterocycles. The van der Waals surface area contributed by atoms with Crippen molar-refractivity contribution >= 4 is 17.1 Å². The first-order valence-electron chi connectivity index (χ1n) is 8.79. The van der Waals surface area contributed by atoms with Gasteiger partial charge in [0.2, 0.25) is 5.95 Å². The van der Waals surface area contributed by atoms with Crippen LogP contribution in [0.3, 0.4) is 0 Å². The fraction of sp³-hybridized carbons (Fsp3) is 0.389. The van der Waals surface area contributed by atoms with Gasteiger partial charge in [-0.1, -0.05) is 30.3 Å². The lowest BCUT2D eigenvalue weighted by Gasteiger charge is -2.19. The Bertz CT molecular complexity index is 986. The number of aliphatic hydroxyl groups excluding tert-OH is 2. The fourth-order valence-electron chi connectivity index (χ4n) is 3.66. The van der Waals surface area contributed by atoms with Gasteiger partial charge < -0.3 is 20.7 Å². The van der Waals surface area contributed by atoms with Gasteiger partial charge in [0, 0.05) is 5.92 Å². The largest absolute Gasteiger partial charge is 0.394 e. The molecule has 0 bridgehead atoms. The van der Waals surface area contributed by atoms with Crippen molar-refractivity contribution in [1.82, 2.24) is 19.5 Å². The van der Waals surface area contributed by atoms with Crippen LogP contribution in [-0.4, -0.2) is 48.5 Å². The Hall–Kier alpha value is -2.75. The molecule has 1 saturated heterocycles. The summed E-state index contributed by atoms with van der Waals surface area (Å²) in [6.45, 7) is -0.213. The van der Waals surface area contributed by atoms with Crippen LogP contribution in [0.1, 0.15) is 18.2 Å². The number of hydrogen-bond acceptors (Lipinski definition) is 7. The molecular formula is C18H21N5O4. The molecule has 0 amide bonds. The third-order valence-corrected chi connectivity index (χ3v) is 5.04. The van der Waals surface area contributed by atoms with Crippen molar-refractivity contribution in [3.63, 3.8) is 0 Å². The highest BCUT2D eigenvalue weighted by molar-refractivity contribution is 5.70. The van der Waals surface area contributed by atoms with E-state index in [1.54, 1.807) is 0 Å². The molecule has 0 radical (unpaired) electrons. The standard InChI is InChI=1S/C18H21N5O4/c19-18-21-15-13(16(26)22-18)20-9-23(15)17-14(25)11(12(8-24)27-17)7-6-10-4-2-1-3-5-10/h1-5,9,11-12,14,17,24-25H,6-8H2,(H3,19,21,22,26)/t11?,12-,14+,17-/m1/s1. The van der Waals surface area contributed by atoms with Crippen LogP contribution in [0.2, 0.25) is 0 Å². The van der Waals surface area contributed by atoms with E-state index < -0.39 is 24.0 Å². The van der Waals surface area contributed by atoms with Gasteiger partial charge in [0.15, 0.2) is 17.4 Å². The molecule has 1 aliphatic rings. The van der Waals surface area contributed by atoms with E-state index in [2.05, 4.69) is 15.0 Å². The van der Waals surface area contributed by atoms with Gasteiger partial charge in [-0.3, -0.25) is 14.3 Å². The zero-order valence-electron chi connectivity index (χ0n) is 14.5. The average molecular weight is 371 g/mol. The molecule has 2 aromatic heterocycles. The predicted octanol–water partition coefficient (Wildman–Crippen LogP) is 0.201. The maximum absolute atomic E-state index is 12.0. The van der Waals surface area contributed by atoms with Gasteiger partial charge in [-0.05, 0) is 18.4 Å². The molecule has 9 nitrogen and oxygen atoms in total. The number of anilines is 1. The highest BCUT2D eigenvalue weighted by Crippen LogP contribution is 2.37. The minimum Gasteiger partial charge on any atom is -0.394 e. The summed E-state index contributed by atoms with van der Waals surface area (Å²) in [4.78, 5) is 22.5. The molecule has 1 aromatic carbocycles. The van der Waals surface area contributed by atoms with Crippen molar-refractivity contribution in [3.8, 4) is 0 Å². The number of nitrogens with two attached hydrogens (primary N) is 1. The Morgan fingerprint density at radius 3 is 2.81 bits per heavy atom. The Balaban J connectivity index is 1.60. The van der Waals surface area contributed by atoms with Crippen LogP contribution in [0, 0.1) is 5.92 Å². The maximum atomic E-state index is 12.0. The van der Waals surface area contributed by atoms with Gasteiger partial charge in [-0.25, -0.2) is 4.98 Å². The molecule has 9 heteroatoms. The van der Waals surface area contributed by atoms with E-state index in [4.69, 9.17) is 10.5 Å². The van der Waals surface area contributed by atoms with E-state index >= 15 is 0 Å². The number of aliphatic hydroxyl groups is 2. The highest BCUT2D eigenvalue weighted by atomic mass is 16.5. The number of fused-ring (bicyclic) bond motifs is 1. The summed E-state index contributed by atoms with van der Waals surface area (Å²) in [5.74, 6) is -0.307. The van der Waals surface area contributed by atoms with Crippen molar-refractivity contribution in [2.45, 2.75) is 31.3 Å². The second kappa shape index (κ2) is 7.10. The topological polar surface area (TPSA) is 139 Å². The third-order valence-electron chi connectivity index (χ3n) is 5.04. The Labute approximate surface area is 154 Å². The summed E-state index contributed by atoms with van der Waals surface area (Å²) < 4.78 is 7.38. The first-order chi connectivity index (χ1) is 13.1. The van der Waals surface area contributed by atoms with Gasteiger partial charge in [0.1, 0.15) is 6.10 Å². The van der Waals surface area contributed by atoms with E-state index in [0.717, 1.165) is 12.0 Å². The Morgan fingerprint density at radius 2 is 2.07 bits per heavy atom. The number of nitrogen functional groups attached to an aromatic ring is 1. The third kappa shape index (κ3) is 3.20. The number of H-pyrrole nitrogens is 1. The second-order valence-corrected chi connectivity index (χ2v) is 6.70. The molecule has 1 fully saturated rings. The monoisotopic (exact) mass is 371 g/mol. The van der Waals surface area contributed by atoms with Crippen LogP contribution in [0.5, 0.6) is 0 Å². The average Bonchev–Trinajstić information content (AvgIpc) is 3.21. The van der Waals surface area contributed by atoms with Gasteiger partial charge in [0.05, 0.1) is 19.0 Å². The fourth-order valence-corrected chi connectivity index (χ4v) is 3.66. The van der Waals surface area contributed by atoms with Crippen molar-refractivity contribution in [3.05, 3.63) is 52.6 Å². The Kier molecular flexibility index (Phi) is 4.65. The summed E-state index contributed by atoms with van der Waals surface area (Å²) in [6, 6.07) is 9.93. The van der Waals surface area contributed by atoms with Crippen LogP contribution >= 0.6 is 0 Å². The molecule has 1 unspecified atom stereocenters. The summed E-state index contributed by atoms with van der Waals surface area (Å²) in [5, 5.41) is 20.6. The quantitative estimate of drug-likeness (QED) is 0.502. The van der Waals surface area contributed by atoms with Gasteiger partial charge in [0.25, 0.3) is 5.56 Å². The van der Waals surface area contributed by atoms with Gasteiger partial charge >= 0.3 is 0 Å². The van der Waals surface area contributed by atoms with Crippen molar-refractivity contribution in [1.29, 1.82) is 0 Å². The minimum absolute atomic E-state index is 0.0407. The normalized spacial score (nSPS) is 25.3. The van der Waals surface area contributed by atoms with Crippen molar-refractivity contribution < 1.29 is 14.9 Å². The number of nitrogens with zero attached hydrogens (tertiary/aromatic N) is 3. The minimum atomic E-state index is -0.884. The van der Waals surface area contributed by atoms with Crippen LogP contribution in [0.15, 0.2) is 41.5 Å². The van der Waals surface area contributed by atoms with E-state index in [-0.39, 0.29) is 29.6 Å². The zero-order valence-corrected chi connectivity index (χ0v) is 14.5. The molecule has 4 atom stereocenters. The molecule has 0 saturated carbocycles. The molecule has 3 aromatic rings. The SMILES string of the molecule is Nc1nc2c(ncn2[C@@H]2O[C@H](CO)C(CCc3ccccc3)[C@@H]2O)c(=O)[nH]1. The molecule has 27 heavy (non-hydrogen) atoms. The molecule has 4 rings (SSSR count). The number of aromatic nitrogens is 4. The van der Waals surface area contributed by atoms with Crippen LogP contribution in [0.4, 0.5) is 5.95 Å². The smallest absolute Gasteiger partial charge is 0.280 e. The van der Waals surface area contributed by atoms with Crippen LogP contribution in [0.25, 0.3) is 11.2 Å². The lowest BCUT2D eigenvalue weighted by atomic mass is 9.91. The Morgan fingerprint density at radius 1 is 1.30 bits per heavy atom. The van der Waals surface area contributed by atoms with Gasteiger partial charge in [-0.2, -0.15) is 4.98 Å². The number of benzene rings is 1. The summed E-state index contributed by atoms with van der Waals surface area (Å²) >= 11 is 0. The van der Waals surface area contributed by atoms with E-state index in [1.807, 2.05) is 30.3 Å². The number of aryl methyl sites for hydroxylation is 1. The molecule has 0 aliphatic carbocycles. The zero-order chi connectivity index (χ0) is 19.0. The number of ether oxygens (including phenoxy) is 1. The van der Waals surface area contributed by atoms with E-state index in [0.29, 0.717) is 6.42 Å². The molecule has 3 heterocycles. The number of imidazole rings is 1. The molecule has 0 spiro atoms.